The van der Waals surface area contributed by atoms with Crippen LogP contribution in [0.2, 0.25) is 5.02 Å². The van der Waals surface area contributed by atoms with E-state index in [4.69, 9.17) is 16.3 Å². The maximum Gasteiger partial charge on any atom is 0.223 e. The van der Waals surface area contributed by atoms with Crippen LogP contribution in [0, 0.1) is 0 Å². The normalized spacial score (nSPS) is 19.0. The van der Waals surface area contributed by atoms with Crippen LogP contribution in [0.3, 0.4) is 0 Å². The molecule has 1 N–H and O–H groups in total. The molecule has 5 heteroatoms. The second kappa shape index (κ2) is 7.27. The molecule has 1 aliphatic rings. The highest BCUT2D eigenvalue weighted by Crippen LogP contribution is 2.26. The van der Waals surface area contributed by atoms with Crippen LogP contribution in [0.15, 0.2) is 41.1 Å². The van der Waals surface area contributed by atoms with Crippen LogP contribution >= 0.6 is 22.9 Å². The summed E-state index contributed by atoms with van der Waals surface area (Å²) in [6.45, 7) is 0.767. The van der Waals surface area contributed by atoms with Gasteiger partial charge in [-0.15, -0.1) is 0 Å². The van der Waals surface area contributed by atoms with Gasteiger partial charge in [-0.05, 0) is 52.9 Å². The van der Waals surface area contributed by atoms with E-state index in [0.29, 0.717) is 11.4 Å². The minimum Gasteiger partial charge on any atom is -0.378 e. The Balaban J connectivity index is 1.74. The molecule has 0 aliphatic carbocycles. The fraction of sp³-hybridized carbons (Fsp3) is 0.353. The van der Waals surface area contributed by atoms with Crippen molar-refractivity contribution in [2.45, 2.75) is 31.4 Å². The van der Waals surface area contributed by atoms with Gasteiger partial charge in [0.1, 0.15) is 0 Å². The Morgan fingerprint density at radius 2 is 2.14 bits per heavy atom. The Labute approximate surface area is 139 Å². The van der Waals surface area contributed by atoms with Crippen molar-refractivity contribution in [3.8, 4) is 0 Å². The zero-order chi connectivity index (χ0) is 15.4. The van der Waals surface area contributed by atoms with Crippen LogP contribution < -0.4 is 5.32 Å². The third-order valence-electron chi connectivity index (χ3n) is 3.82. The molecule has 0 radical (unpaired) electrons. The molecule has 1 saturated heterocycles. The van der Waals surface area contributed by atoms with E-state index in [1.165, 1.54) is 0 Å². The third kappa shape index (κ3) is 3.88. The number of ether oxygens (including phenoxy) is 1. The molecular weight excluding hydrogens is 318 g/mol. The van der Waals surface area contributed by atoms with Gasteiger partial charge in [0.2, 0.25) is 5.91 Å². The molecule has 1 aliphatic heterocycles. The summed E-state index contributed by atoms with van der Waals surface area (Å²) in [5, 5.41) is 7.90. The monoisotopic (exact) mass is 335 g/mol. The van der Waals surface area contributed by atoms with Crippen molar-refractivity contribution in [3.63, 3.8) is 0 Å². The van der Waals surface area contributed by atoms with E-state index in [2.05, 4.69) is 10.7 Å². The molecule has 0 unspecified atom stereocenters. The van der Waals surface area contributed by atoms with Crippen LogP contribution in [-0.2, 0) is 9.53 Å². The second-order valence-electron chi connectivity index (χ2n) is 5.45. The van der Waals surface area contributed by atoms with E-state index in [0.717, 1.165) is 30.6 Å². The number of rotatable bonds is 5. The maximum atomic E-state index is 12.3. The van der Waals surface area contributed by atoms with Crippen LogP contribution in [0.25, 0.3) is 0 Å². The van der Waals surface area contributed by atoms with E-state index in [1.807, 2.05) is 35.7 Å². The van der Waals surface area contributed by atoms with Crippen molar-refractivity contribution < 1.29 is 9.53 Å². The van der Waals surface area contributed by atoms with Crippen LogP contribution in [-0.4, -0.2) is 18.6 Å². The lowest BCUT2D eigenvalue weighted by atomic mass is 10.0. The summed E-state index contributed by atoms with van der Waals surface area (Å²) in [7, 11) is 0. The van der Waals surface area contributed by atoms with Crippen molar-refractivity contribution in [2.24, 2.45) is 0 Å². The summed E-state index contributed by atoms with van der Waals surface area (Å²) < 4.78 is 5.54. The zero-order valence-electron chi connectivity index (χ0n) is 12.1. The van der Waals surface area contributed by atoms with Crippen molar-refractivity contribution in [3.05, 3.63) is 57.2 Å². The van der Waals surface area contributed by atoms with E-state index >= 15 is 0 Å². The lowest BCUT2D eigenvalue weighted by Gasteiger charge is -2.20. The standard InChI is InChI=1S/C17H18ClNO2S/c18-14-5-3-12(4-6-14)17(13-7-9-22-11-13)19-16(20)10-15-2-1-8-21-15/h3-7,9,11,15,17H,1-2,8,10H2,(H,19,20)/t15-,17-/m1/s1. The van der Waals surface area contributed by atoms with Crippen LogP contribution in [0.1, 0.15) is 36.4 Å². The van der Waals surface area contributed by atoms with Crippen molar-refractivity contribution >= 4 is 28.8 Å². The molecule has 22 heavy (non-hydrogen) atoms. The summed E-state index contributed by atoms with van der Waals surface area (Å²) in [4.78, 5) is 12.3. The molecule has 1 aromatic carbocycles. The number of carbonyl (C=O) groups is 1. The molecule has 2 aromatic rings. The Morgan fingerprint density at radius 3 is 2.77 bits per heavy atom. The van der Waals surface area contributed by atoms with E-state index < -0.39 is 0 Å². The first-order valence-electron chi connectivity index (χ1n) is 7.41. The van der Waals surface area contributed by atoms with Gasteiger partial charge in [-0.3, -0.25) is 4.79 Å². The zero-order valence-corrected chi connectivity index (χ0v) is 13.7. The van der Waals surface area contributed by atoms with E-state index in [9.17, 15) is 4.79 Å². The molecule has 0 bridgehead atoms. The van der Waals surface area contributed by atoms with Gasteiger partial charge >= 0.3 is 0 Å². The summed E-state index contributed by atoms with van der Waals surface area (Å²) in [6.07, 6.45) is 2.50. The number of hydrogen-bond donors (Lipinski definition) is 1. The molecule has 3 nitrogen and oxygen atoms in total. The summed E-state index contributed by atoms with van der Waals surface area (Å²) >= 11 is 7.58. The summed E-state index contributed by atoms with van der Waals surface area (Å²) in [5.74, 6) is 0.0260. The predicted octanol–water partition coefficient (Wildman–Crippen LogP) is 4.18. The number of nitrogens with one attached hydrogen (secondary N) is 1. The minimum absolute atomic E-state index is 0.0260. The first-order chi connectivity index (χ1) is 10.7. The Kier molecular flexibility index (Phi) is 5.13. The smallest absolute Gasteiger partial charge is 0.223 e. The second-order valence-corrected chi connectivity index (χ2v) is 6.66. The van der Waals surface area contributed by atoms with Gasteiger partial charge in [-0.1, -0.05) is 23.7 Å². The fourth-order valence-electron chi connectivity index (χ4n) is 2.69. The highest BCUT2D eigenvalue weighted by atomic mass is 35.5. The minimum atomic E-state index is -0.141. The number of amides is 1. The Morgan fingerprint density at radius 1 is 1.32 bits per heavy atom. The molecule has 1 amide bonds. The third-order valence-corrected chi connectivity index (χ3v) is 4.78. The molecule has 116 valence electrons. The molecule has 3 rings (SSSR count). The Hall–Kier alpha value is -1.36. The first-order valence-corrected chi connectivity index (χ1v) is 8.73. The van der Waals surface area contributed by atoms with Gasteiger partial charge in [-0.2, -0.15) is 11.3 Å². The lowest BCUT2D eigenvalue weighted by molar-refractivity contribution is -0.123. The molecule has 1 aromatic heterocycles. The summed E-state index contributed by atoms with van der Waals surface area (Å²) in [6, 6.07) is 9.51. The average molecular weight is 336 g/mol. The number of benzene rings is 1. The highest BCUT2D eigenvalue weighted by molar-refractivity contribution is 7.08. The molecule has 0 spiro atoms. The molecule has 1 fully saturated rings. The molecular formula is C17H18ClNO2S. The van der Waals surface area contributed by atoms with Crippen molar-refractivity contribution in [1.82, 2.24) is 5.32 Å². The van der Waals surface area contributed by atoms with E-state index in [-0.39, 0.29) is 18.1 Å². The molecule has 0 saturated carbocycles. The quantitative estimate of drug-likeness (QED) is 0.890. The van der Waals surface area contributed by atoms with Crippen molar-refractivity contribution in [1.29, 1.82) is 0 Å². The molecule has 2 heterocycles. The Bertz CT molecular complexity index is 606. The number of thiophene rings is 1. The topological polar surface area (TPSA) is 38.3 Å². The molecule has 2 atom stereocenters. The largest absolute Gasteiger partial charge is 0.378 e. The maximum absolute atomic E-state index is 12.3. The summed E-state index contributed by atoms with van der Waals surface area (Å²) in [5.41, 5.74) is 2.12. The van der Waals surface area contributed by atoms with Gasteiger partial charge in [0.25, 0.3) is 0 Å². The fourth-order valence-corrected chi connectivity index (χ4v) is 3.50. The average Bonchev–Trinajstić information content (AvgIpc) is 3.19. The number of carbonyl (C=O) groups excluding carboxylic acids is 1. The SMILES string of the molecule is O=C(C[C@H]1CCCO1)N[C@H](c1ccc(Cl)cc1)c1ccsc1. The number of halogens is 1. The van der Waals surface area contributed by atoms with E-state index in [1.54, 1.807) is 11.3 Å². The lowest BCUT2D eigenvalue weighted by Crippen LogP contribution is -2.31. The van der Waals surface area contributed by atoms with Gasteiger partial charge in [0.15, 0.2) is 0 Å². The van der Waals surface area contributed by atoms with Crippen molar-refractivity contribution in [2.75, 3.05) is 6.61 Å². The predicted molar refractivity (Wildman–Crippen MR) is 89.3 cm³/mol. The van der Waals surface area contributed by atoms with Gasteiger partial charge in [0, 0.05) is 11.6 Å². The van der Waals surface area contributed by atoms with Crippen LogP contribution in [0.5, 0.6) is 0 Å². The highest BCUT2D eigenvalue weighted by Gasteiger charge is 2.22. The van der Waals surface area contributed by atoms with Crippen LogP contribution in [0.4, 0.5) is 0 Å². The van der Waals surface area contributed by atoms with Gasteiger partial charge < -0.3 is 10.1 Å². The van der Waals surface area contributed by atoms with Gasteiger partial charge in [0.05, 0.1) is 18.6 Å². The number of hydrogen-bond acceptors (Lipinski definition) is 3. The van der Waals surface area contributed by atoms with Gasteiger partial charge in [-0.25, -0.2) is 0 Å². The first kappa shape index (κ1) is 15.5.